The van der Waals surface area contributed by atoms with Crippen LogP contribution in [0.4, 0.5) is 0 Å². The van der Waals surface area contributed by atoms with Crippen molar-refractivity contribution in [2.24, 2.45) is 5.92 Å². The summed E-state index contributed by atoms with van der Waals surface area (Å²) in [5.74, 6) is -0.836. The van der Waals surface area contributed by atoms with Crippen LogP contribution in [0.25, 0.3) is 0 Å². The van der Waals surface area contributed by atoms with Gasteiger partial charge in [-0.15, -0.1) is 11.3 Å². The highest BCUT2D eigenvalue weighted by Crippen LogP contribution is 2.27. The molecule has 1 saturated carbocycles. The lowest BCUT2D eigenvalue weighted by Gasteiger charge is -2.25. The molecule has 0 bridgehead atoms. The van der Waals surface area contributed by atoms with Gasteiger partial charge < -0.3 is 9.84 Å². The third-order valence-electron chi connectivity index (χ3n) is 3.55. The second-order valence-electron chi connectivity index (χ2n) is 5.11. The van der Waals surface area contributed by atoms with Gasteiger partial charge in [0.15, 0.2) is 0 Å². The van der Waals surface area contributed by atoms with Crippen LogP contribution in [-0.4, -0.2) is 22.2 Å². The number of nitrogens with zero attached hydrogens (tertiary/aromatic N) is 1. The van der Waals surface area contributed by atoms with E-state index in [0.717, 1.165) is 44.2 Å². The van der Waals surface area contributed by atoms with Crippen LogP contribution in [0.3, 0.4) is 0 Å². The fourth-order valence-corrected chi connectivity index (χ4v) is 3.31. The number of carboxylic acids is 1. The molecule has 4 nitrogen and oxygen atoms in total. The number of rotatable bonds is 6. The van der Waals surface area contributed by atoms with E-state index in [-0.39, 0.29) is 12.0 Å². The Kier molecular flexibility index (Phi) is 5.34. The van der Waals surface area contributed by atoms with Crippen molar-refractivity contribution in [3.8, 4) is 0 Å². The molecule has 5 heteroatoms. The van der Waals surface area contributed by atoms with Crippen LogP contribution in [-0.2, 0) is 22.6 Å². The molecule has 0 unspecified atom stereocenters. The fourth-order valence-electron chi connectivity index (χ4n) is 2.42. The van der Waals surface area contributed by atoms with Crippen molar-refractivity contribution in [3.63, 3.8) is 0 Å². The summed E-state index contributed by atoms with van der Waals surface area (Å²) in [6.07, 6.45) is 5.52. The van der Waals surface area contributed by atoms with Crippen molar-refractivity contribution in [3.05, 3.63) is 16.1 Å². The molecule has 0 atom stereocenters. The number of carbonyl (C=O) groups is 1. The molecule has 0 radical (unpaired) electrons. The normalized spacial score (nSPS) is 23.4. The first kappa shape index (κ1) is 14.5. The van der Waals surface area contributed by atoms with Crippen LogP contribution < -0.4 is 0 Å². The minimum atomic E-state index is -0.665. The van der Waals surface area contributed by atoms with E-state index in [9.17, 15) is 4.79 Å². The molecule has 1 aliphatic carbocycles. The number of aromatic nitrogens is 1. The monoisotopic (exact) mass is 283 g/mol. The summed E-state index contributed by atoms with van der Waals surface area (Å²) in [5, 5.41) is 12.2. The molecule has 2 rings (SSSR count). The lowest BCUT2D eigenvalue weighted by molar-refractivity contribution is -0.143. The Morgan fingerprint density at radius 3 is 2.84 bits per heavy atom. The Hall–Kier alpha value is -0.940. The van der Waals surface area contributed by atoms with Crippen LogP contribution in [0.1, 0.15) is 49.7 Å². The quantitative estimate of drug-likeness (QED) is 0.870. The van der Waals surface area contributed by atoms with E-state index >= 15 is 0 Å². The van der Waals surface area contributed by atoms with Crippen molar-refractivity contribution in [2.45, 2.75) is 58.2 Å². The van der Waals surface area contributed by atoms with E-state index in [1.807, 2.05) is 0 Å². The van der Waals surface area contributed by atoms with Gasteiger partial charge in [0.2, 0.25) is 0 Å². The maximum atomic E-state index is 10.9. The van der Waals surface area contributed by atoms with Gasteiger partial charge in [0.1, 0.15) is 0 Å². The average Bonchev–Trinajstić information content (AvgIpc) is 2.85. The number of aliphatic carboxylic acids is 1. The molecule has 1 aromatic rings. The van der Waals surface area contributed by atoms with E-state index in [0.29, 0.717) is 6.61 Å². The van der Waals surface area contributed by atoms with E-state index in [1.165, 1.54) is 5.01 Å². The molecule has 1 N–H and O–H groups in total. The third kappa shape index (κ3) is 4.28. The van der Waals surface area contributed by atoms with Crippen molar-refractivity contribution in [1.29, 1.82) is 0 Å². The zero-order valence-electron chi connectivity index (χ0n) is 11.3. The van der Waals surface area contributed by atoms with Gasteiger partial charge >= 0.3 is 5.97 Å². The predicted molar refractivity (Wildman–Crippen MR) is 74.3 cm³/mol. The number of thiazole rings is 1. The minimum Gasteiger partial charge on any atom is -0.481 e. The number of aryl methyl sites for hydroxylation is 1. The van der Waals surface area contributed by atoms with Crippen molar-refractivity contribution >= 4 is 17.3 Å². The van der Waals surface area contributed by atoms with Crippen LogP contribution in [0.15, 0.2) is 5.38 Å². The average molecular weight is 283 g/mol. The topological polar surface area (TPSA) is 59.4 Å². The van der Waals surface area contributed by atoms with Gasteiger partial charge in [0, 0.05) is 5.38 Å². The molecule has 0 aromatic carbocycles. The molecule has 0 spiro atoms. The van der Waals surface area contributed by atoms with Crippen LogP contribution >= 0.6 is 11.3 Å². The summed E-state index contributed by atoms with van der Waals surface area (Å²) < 4.78 is 5.84. The Morgan fingerprint density at radius 2 is 2.21 bits per heavy atom. The van der Waals surface area contributed by atoms with Gasteiger partial charge in [-0.1, -0.05) is 6.92 Å². The molecular formula is C14H21NO3S. The summed E-state index contributed by atoms with van der Waals surface area (Å²) in [6.45, 7) is 2.71. The number of hydrogen-bond donors (Lipinski definition) is 1. The van der Waals surface area contributed by atoms with E-state index in [2.05, 4.69) is 17.3 Å². The van der Waals surface area contributed by atoms with Crippen LogP contribution in [0.2, 0.25) is 0 Å². The van der Waals surface area contributed by atoms with Gasteiger partial charge in [0.25, 0.3) is 0 Å². The molecule has 1 heterocycles. The lowest BCUT2D eigenvalue weighted by atomic mass is 9.87. The van der Waals surface area contributed by atoms with Crippen LogP contribution in [0, 0.1) is 5.92 Å². The van der Waals surface area contributed by atoms with E-state index in [4.69, 9.17) is 9.84 Å². The Balaban J connectivity index is 1.72. The third-order valence-corrected chi connectivity index (χ3v) is 4.51. The smallest absolute Gasteiger partial charge is 0.306 e. The van der Waals surface area contributed by atoms with Gasteiger partial charge in [-0.3, -0.25) is 4.79 Å². The summed E-state index contributed by atoms with van der Waals surface area (Å²) in [6, 6.07) is 0. The highest BCUT2D eigenvalue weighted by molar-refractivity contribution is 7.09. The molecule has 1 aromatic heterocycles. The first-order chi connectivity index (χ1) is 9.19. The highest BCUT2D eigenvalue weighted by Gasteiger charge is 2.26. The number of hydrogen-bond acceptors (Lipinski definition) is 4. The summed E-state index contributed by atoms with van der Waals surface area (Å²) >= 11 is 1.70. The molecule has 0 amide bonds. The molecule has 1 fully saturated rings. The maximum absolute atomic E-state index is 10.9. The van der Waals surface area contributed by atoms with Gasteiger partial charge in [-0.2, -0.15) is 0 Å². The maximum Gasteiger partial charge on any atom is 0.306 e. The Bertz CT molecular complexity index is 411. The molecule has 19 heavy (non-hydrogen) atoms. The van der Waals surface area contributed by atoms with Crippen molar-refractivity contribution < 1.29 is 14.6 Å². The van der Waals surface area contributed by atoms with Gasteiger partial charge in [-0.05, 0) is 38.5 Å². The van der Waals surface area contributed by atoms with Gasteiger partial charge in [0.05, 0.1) is 29.3 Å². The summed E-state index contributed by atoms with van der Waals surface area (Å²) in [5.41, 5.74) is 1.01. The largest absolute Gasteiger partial charge is 0.481 e. The first-order valence-corrected chi connectivity index (χ1v) is 7.84. The van der Waals surface area contributed by atoms with E-state index in [1.54, 1.807) is 11.3 Å². The fraction of sp³-hybridized carbons (Fsp3) is 0.714. The Labute approximate surface area is 117 Å². The number of carboxylic acid groups (broad SMARTS) is 1. The molecule has 1 aliphatic rings. The minimum absolute atomic E-state index is 0.171. The van der Waals surface area contributed by atoms with E-state index < -0.39 is 5.97 Å². The molecule has 106 valence electrons. The second kappa shape index (κ2) is 7.01. The number of ether oxygens (including phenoxy) is 1. The van der Waals surface area contributed by atoms with Crippen LogP contribution in [0.5, 0.6) is 0 Å². The SMILES string of the molecule is CCCc1nc(COC2CCC(C(=O)O)CC2)cs1. The molecule has 0 aliphatic heterocycles. The standard InChI is InChI=1S/C14H21NO3S/c1-2-3-13-15-11(9-19-13)8-18-12-6-4-10(5-7-12)14(16)17/h9-10,12H,2-8H2,1H3,(H,16,17). The first-order valence-electron chi connectivity index (χ1n) is 6.96. The zero-order chi connectivity index (χ0) is 13.7. The van der Waals surface area contributed by atoms with Gasteiger partial charge in [-0.25, -0.2) is 4.98 Å². The predicted octanol–water partition coefficient (Wildman–Crippen LogP) is 3.26. The summed E-state index contributed by atoms with van der Waals surface area (Å²) in [7, 11) is 0. The summed E-state index contributed by atoms with van der Waals surface area (Å²) in [4.78, 5) is 15.4. The second-order valence-corrected chi connectivity index (χ2v) is 6.05. The molecular weight excluding hydrogens is 262 g/mol. The van der Waals surface area contributed by atoms with Crippen molar-refractivity contribution in [1.82, 2.24) is 4.98 Å². The highest BCUT2D eigenvalue weighted by atomic mass is 32.1. The zero-order valence-corrected chi connectivity index (χ0v) is 12.1. The lowest BCUT2D eigenvalue weighted by Crippen LogP contribution is -2.25. The molecule has 0 saturated heterocycles. The Morgan fingerprint density at radius 1 is 1.47 bits per heavy atom. The van der Waals surface area contributed by atoms with Crippen molar-refractivity contribution in [2.75, 3.05) is 0 Å².